The molecule has 1 amide bonds. The van der Waals surface area contributed by atoms with Crippen molar-refractivity contribution < 1.29 is 32.8 Å². The van der Waals surface area contributed by atoms with E-state index in [0.717, 1.165) is 43.4 Å². The minimum atomic E-state index is -1.01. The van der Waals surface area contributed by atoms with Gasteiger partial charge >= 0.3 is 18.0 Å². The largest absolute Gasteiger partial charge is 0.461 e. The first-order valence-corrected chi connectivity index (χ1v) is 11.8. The summed E-state index contributed by atoms with van der Waals surface area (Å²) in [5.41, 5.74) is 0.452. The second kappa shape index (κ2) is 14.0. The second-order valence-corrected chi connectivity index (χ2v) is 8.92. The lowest BCUT2D eigenvalue weighted by molar-refractivity contribution is -0.168. The van der Waals surface area contributed by atoms with Gasteiger partial charge in [-0.3, -0.25) is 9.59 Å². The fourth-order valence-electron chi connectivity index (χ4n) is 3.79. The van der Waals surface area contributed by atoms with E-state index in [9.17, 15) is 14.4 Å². The van der Waals surface area contributed by atoms with E-state index in [1.54, 1.807) is 7.11 Å². The number of esters is 2. The molecule has 1 fully saturated rings. The third-order valence-electron chi connectivity index (χ3n) is 5.31. The molecule has 1 aliphatic rings. The standard InChI is InChI=1S/C23H33NO7S/c1-18(31-22(27)24-13-8-14-32-28-2)30-21(26)16-23(11-6-7-12-23)15-20(25)29-17-19-9-4-3-5-10-19/h3-5,9-10,18H,6-8,11-17H2,1-2H3,(H,24,27). The van der Waals surface area contributed by atoms with Crippen molar-refractivity contribution >= 4 is 30.1 Å². The molecule has 0 radical (unpaired) electrons. The lowest BCUT2D eigenvalue weighted by Gasteiger charge is -2.27. The maximum atomic E-state index is 12.5. The summed E-state index contributed by atoms with van der Waals surface area (Å²) in [5, 5.41) is 2.60. The van der Waals surface area contributed by atoms with Crippen LogP contribution in [0.3, 0.4) is 0 Å². The fraction of sp³-hybridized carbons (Fsp3) is 0.609. The SMILES string of the molecule is COSCCCNC(=O)OC(C)OC(=O)CC1(CC(=O)OCc2ccccc2)CCCC1. The molecular weight excluding hydrogens is 434 g/mol. The molecule has 1 aliphatic carbocycles. The highest BCUT2D eigenvalue weighted by Gasteiger charge is 2.39. The van der Waals surface area contributed by atoms with Crippen LogP contribution in [0.5, 0.6) is 0 Å². The summed E-state index contributed by atoms with van der Waals surface area (Å²) in [4.78, 5) is 36.7. The molecule has 1 aromatic rings. The van der Waals surface area contributed by atoms with Gasteiger partial charge in [0.05, 0.1) is 20.0 Å². The van der Waals surface area contributed by atoms with Crippen molar-refractivity contribution in [2.75, 3.05) is 19.4 Å². The van der Waals surface area contributed by atoms with Gasteiger partial charge in [-0.1, -0.05) is 43.2 Å². The van der Waals surface area contributed by atoms with Crippen LogP contribution in [0, 0.1) is 5.41 Å². The zero-order chi connectivity index (χ0) is 23.2. The van der Waals surface area contributed by atoms with Crippen LogP contribution in [0.2, 0.25) is 0 Å². The predicted octanol–water partition coefficient (Wildman–Crippen LogP) is 4.37. The van der Waals surface area contributed by atoms with Crippen LogP contribution in [0.1, 0.15) is 57.4 Å². The molecular formula is C23H33NO7S. The first-order valence-electron chi connectivity index (χ1n) is 10.9. The molecule has 1 aromatic carbocycles. The number of rotatable bonds is 13. The van der Waals surface area contributed by atoms with Crippen molar-refractivity contribution in [2.45, 2.75) is 64.8 Å². The summed E-state index contributed by atoms with van der Waals surface area (Å²) in [6.45, 7) is 2.14. The van der Waals surface area contributed by atoms with E-state index in [0.29, 0.717) is 6.54 Å². The summed E-state index contributed by atoms with van der Waals surface area (Å²) >= 11 is 1.31. The van der Waals surface area contributed by atoms with Gasteiger partial charge in [0.15, 0.2) is 0 Å². The Kier molecular flexibility index (Phi) is 11.4. The normalized spacial score (nSPS) is 15.6. The fourth-order valence-corrected chi connectivity index (χ4v) is 4.22. The number of ether oxygens (including phenoxy) is 3. The molecule has 0 aromatic heterocycles. The third kappa shape index (κ3) is 9.91. The number of amides is 1. The van der Waals surface area contributed by atoms with E-state index in [2.05, 4.69) is 5.32 Å². The summed E-state index contributed by atoms with van der Waals surface area (Å²) in [6.07, 6.45) is 2.76. The number of nitrogens with one attached hydrogen (secondary N) is 1. The number of hydrogen-bond acceptors (Lipinski definition) is 8. The molecule has 8 nitrogen and oxygen atoms in total. The zero-order valence-corrected chi connectivity index (χ0v) is 19.6. The molecule has 9 heteroatoms. The van der Waals surface area contributed by atoms with Gasteiger partial charge in [0, 0.05) is 19.2 Å². The van der Waals surface area contributed by atoms with Crippen molar-refractivity contribution in [3.05, 3.63) is 35.9 Å². The number of hydrogen-bond donors (Lipinski definition) is 1. The smallest absolute Gasteiger partial charge is 0.410 e. The highest BCUT2D eigenvalue weighted by molar-refractivity contribution is 7.94. The highest BCUT2D eigenvalue weighted by Crippen LogP contribution is 2.44. The van der Waals surface area contributed by atoms with Gasteiger partial charge in [-0.05, 0) is 42.3 Å². The van der Waals surface area contributed by atoms with Gasteiger partial charge in [0.25, 0.3) is 0 Å². The molecule has 0 aliphatic heterocycles. The minimum absolute atomic E-state index is 0.0942. The van der Waals surface area contributed by atoms with E-state index in [1.807, 2.05) is 30.3 Å². The lowest BCUT2D eigenvalue weighted by Crippen LogP contribution is -2.32. The van der Waals surface area contributed by atoms with Crippen molar-refractivity contribution in [3.63, 3.8) is 0 Å². The summed E-state index contributed by atoms with van der Waals surface area (Å²) < 4.78 is 20.6. The molecule has 1 saturated carbocycles. The number of carbonyl (C=O) groups is 3. The first-order chi connectivity index (χ1) is 15.4. The van der Waals surface area contributed by atoms with E-state index < -0.39 is 23.8 Å². The molecule has 0 bridgehead atoms. The van der Waals surface area contributed by atoms with Gasteiger partial charge < -0.3 is 23.7 Å². The van der Waals surface area contributed by atoms with Crippen molar-refractivity contribution in [2.24, 2.45) is 5.41 Å². The van der Waals surface area contributed by atoms with Crippen molar-refractivity contribution in [3.8, 4) is 0 Å². The van der Waals surface area contributed by atoms with Gasteiger partial charge in [-0.15, -0.1) is 0 Å². The molecule has 0 spiro atoms. The Balaban J connectivity index is 1.74. The molecule has 1 N–H and O–H groups in total. The van der Waals surface area contributed by atoms with Crippen LogP contribution in [0.15, 0.2) is 30.3 Å². The Bertz CT molecular complexity index is 722. The van der Waals surface area contributed by atoms with Crippen LogP contribution in [0.25, 0.3) is 0 Å². The van der Waals surface area contributed by atoms with E-state index in [4.69, 9.17) is 18.4 Å². The Morgan fingerprint density at radius 3 is 2.44 bits per heavy atom. The van der Waals surface area contributed by atoms with Crippen molar-refractivity contribution in [1.82, 2.24) is 5.32 Å². The van der Waals surface area contributed by atoms with Crippen LogP contribution in [0.4, 0.5) is 4.79 Å². The second-order valence-electron chi connectivity index (χ2n) is 7.94. The van der Waals surface area contributed by atoms with E-state index in [-0.39, 0.29) is 25.4 Å². The Morgan fingerprint density at radius 2 is 1.75 bits per heavy atom. The molecule has 1 unspecified atom stereocenters. The van der Waals surface area contributed by atoms with Crippen LogP contribution < -0.4 is 5.32 Å². The van der Waals surface area contributed by atoms with Gasteiger partial charge in [-0.2, -0.15) is 0 Å². The maximum Gasteiger partial charge on any atom is 0.410 e. The quantitative estimate of drug-likeness (QED) is 0.198. The van der Waals surface area contributed by atoms with Crippen molar-refractivity contribution in [1.29, 1.82) is 0 Å². The Morgan fingerprint density at radius 1 is 1.06 bits per heavy atom. The van der Waals surface area contributed by atoms with Gasteiger partial charge in [0.1, 0.15) is 6.61 Å². The summed E-state index contributed by atoms with van der Waals surface area (Å²) in [6, 6.07) is 9.47. The first kappa shape index (κ1) is 26.0. The average molecular weight is 468 g/mol. The van der Waals surface area contributed by atoms with Crippen LogP contribution in [-0.4, -0.2) is 43.7 Å². The number of benzene rings is 1. The molecule has 0 saturated heterocycles. The number of carbonyl (C=O) groups excluding carboxylic acids is 3. The van der Waals surface area contributed by atoms with Crippen LogP contribution in [-0.2, 0) is 34.6 Å². The van der Waals surface area contributed by atoms with E-state index in [1.165, 1.54) is 19.0 Å². The van der Waals surface area contributed by atoms with Crippen LogP contribution >= 0.6 is 12.0 Å². The maximum absolute atomic E-state index is 12.5. The topological polar surface area (TPSA) is 100 Å². The Hall–Kier alpha value is -2.26. The molecule has 32 heavy (non-hydrogen) atoms. The summed E-state index contributed by atoms with van der Waals surface area (Å²) in [7, 11) is 1.59. The van der Waals surface area contributed by atoms with Gasteiger partial charge in [0.2, 0.25) is 6.29 Å². The third-order valence-corrected chi connectivity index (χ3v) is 6.00. The molecule has 0 heterocycles. The monoisotopic (exact) mass is 467 g/mol. The van der Waals surface area contributed by atoms with E-state index >= 15 is 0 Å². The minimum Gasteiger partial charge on any atom is -0.461 e. The van der Waals surface area contributed by atoms with Gasteiger partial charge in [-0.25, -0.2) is 4.79 Å². The predicted molar refractivity (Wildman–Crippen MR) is 120 cm³/mol. The Labute approximate surface area is 193 Å². The molecule has 1 atom stereocenters. The lowest BCUT2D eigenvalue weighted by atomic mass is 9.79. The molecule has 178 valence electrons. The molecule has 2 rings (SSSR count). The highest BCUT2D eigenvalue weighted by atomic mass is 32.2. The number of alkyl carbamates (subject to hydrolysis) is 1. The summed E-state index contributed by atoms with van der Waals surface area (Å²) in [5.74, 6) is -0.0598. The average Bonchev–Trinajstić information content (AvgIpc) is 3.20. The zero-order valence-electron chi connectivity index (χ0n) is 18.8.